The van der Waals surface area contributed by atoms with Gasteiger partial charge in [-0.1, -0.05) is 18.9 Å². The van der Waals surface area contributed by atoms with Crippen molar-refractivity contribution in [2.24, 2.45) is 0 Å². The Morgan fingerprint density at radius 2 is 1.72 bits per heavy atom. The molecule has 136 valence electrons. The van der Waals surface area contributed by atoms with Crippen LogP contribution >= 0.6 is 0 Å². The molecular formula is C19H25NO5. The number of benzene rings is 1. The van der Waals surface area contributed by atoms with Crippen LogP contribution in [0.1, 0.15) is 31.2 Å². The first kappa shape index (κ1) is 18.8. The monoisotopic (exact) mass is 347 g/mol. The van der Waals surface area contributed by atoms with E-state index in [1.165, 1.54) is 6.08 Å². The Kier molecular flexibility index (Phi) is 7.32. The quantitative estimate of drug-likeness (QED) is 0.585. The van der Waals surface area contributed by atoms with Crippen LogP contribution in [0.15, 0.2) is 24.3 Å². The minimum absolute atomic E-state index is 0.130. The molecule has 1 heterocycles. The maximum Gasteiger partial charge on any atom is 0.331 e. The van der Waals surface area contributed by atoms with Gasteiger partial charge >= 0.3 is 5.97 Å². The highest BCUT2D eigenvalue weighted by atomic mass is 16.5. The number of likely N-dealkylation sites (tertiary alicyclic amines) is 1. The second kappa shape index (κ2) is 9.71. The first-order valence-electron chi connectivity index (χ1n) is 8.48. The number of ether oxygens (including phenoxy) is 3. The van der Waals surface area contributed by atoms with Crippen LogP contribution in [-0.4, -0.2) is 50.7 Å². The van der Waals surface area contributed by atoms with Crippen LogP contribution in [0.3, 0.4) is 0 Å². The SMILES string of the molecule is COc1ccc(C=CC(=O)OCC(=O)N2CCCCCC2)cc1OC. The predicted octanol–water partition coefficient (Wildman–Crippen LogP) is 2.66. The average molecular weight is 347 g/mol. The molecule has 1 saturated heterocycles. The molecule has 1 aromatic carbocycles. The third-order valence-corrected chi connectivity index (χ3v) is 4.12. The van der Waals surface area contributed by atoms with Gasteiger partial charge in [0.15, 0.2) is 18.1 Å². The molecule has 0 radical (unpaired) electrons. The Hall–Kier alpha value is -2.50. The zero-order valence-corrected chi connectivity index (χ0v) is 14.8. The van der Waals surface area contributed by atoms with E-state index in [1.54, 1.807) is 43.4 Å². The summed E-state index contributed by atoms with van der Waals surface area (Å²) in [6.45, 7) is 1.28. The van der Waals surface area contributed by atoms with Crippen LogP contribution in [0.4, 0.5) is 0 Å². The fraction of sp³-hybridized carbons (Fsp3) is 0.474. The molecule has 6 nitrogen and oxygen atoms in total. The minimum atomic E-state index is -0.544. The molecule has 0 N–H and O–H groups in total. The van der Waals surface area contributed by atoms with Crippen molar-refractivity contribution in [3.63, 3.8) is 0 Å². The number of methoxy groups -OCH3 is 2. The highest BCUT2D eigenvalue weighted by Gasteiger charge is 2.16. The first-order chi connectivity index (χ1) is 12.1. The lowest BCUT2D eigenvalue weighted by atomic mass is 10.2. The molecule has 0 aliphatic carbocycles. The van der Waals surface area contributed by atoms with Gasteiger partial charge in [0.25, 0.3) is 5.91 Å². The highest BCUT2D eigenvalue weighted by molar-refractivity contribution is 5.89. The number of hydrogen-bond donors (Lipinski definition) is 0. The summed E-state index contributed by atoms with van der Waals surface area (Å²) < 4.78 is 15.4. The van der Waals surface area contributed by atoms with Crippen LogP contribution in [0.5, 0.6) is 11.5 Å². The number of carbonyl (C=O) groups excluding carboxylic acids is 2. The van der Waals surface area contributed by atoms with Gasteiger partial charge in [-0.3, -0.25) is 4.79 Å². The Morgan fingerprint density at radius 1 is 1.04 bits per heavy atom. The van der Waals surface area contributed by atoms with Gasteiger partial charge in [0.2, 0.25) is 0 Å². The van der Waals surface area contributed by atoms with E-state index in [4.69, 9.17) is 14.2 Å². The molecule has 1 amide bonds. The Balaban J connectivity index is 1.85. The predicted molar refractivity (Wildman–Crippen MR) is 94.6 cm³/mol. The summed E-state index contributed by atoms with van der Waals surface area (Å²) in [7, 11) is 3.11. The maximum absolute atomic E-state index is 12.1. The largest absolute Gasteiger partial charge is 0.493 e. The lowest BCUT2D eigenvalue weighted by Gasteiger charge is -2.19. The summed E-state index contributed by atoms with van der Waals surface area (Å²) in [6, 6.07) is 5.31. The number of amides is 1. The average Bonchev–Trinajstić information content (AvgIpc) is 2.93. The molecule has 0 unspecified atom stereocenters. The molecule has 25 heavy (non-hydrogen) atoms. The lowest BCUT2D eigenvalue weighted by Crippen LogP contribution is -2.35. The topological polar surface area (TPSA) is 65.1 Å². The summed E-state index contributed by atoms with van der Waals surface area (Å²) in [5.41, 5.74) is 0.772. The van der Waals surface area contributed by atoms with Gasteiger partial charge in [-0.05, 0) is 36.6 Å². The summed E-state index contributed by atoms with van der Waals surface area (Å²) in [6.07, 6.45) is 7.24. The van der Waals surface area contributed by atoms with Crippen LogP contribution in [0, 0.1) is 0 Å². The van der Waals surface area contributed by atoms with Gasteiger partial charge in [-0.15, -0.1) is 0 Å². The third-order valence-electron chi connectivity index (χ3n) is 4.12. The molecule has 0 spiro atoms. The van der Waals surface area contributed by atoms with Crippen molar-refractivity contribution < 1.29 is 23.8 Å². The minimum Gasteiger partial charge on any atom is -0.493 e. The molecule has 1 aliphatic rings. The van der Waals surface area contributed by atoms with Gasteiger partial charge in [0.05, 0.1) is 14.2 Å². The fourth-order valence-corrected chi connectivity index (χ4v) is 2.71. The van der Waals surface area contributed by atoms with Crippen molar-refractivity contribution in [2.45, 2.75) is 25.7 Å². The molecule has 1 aromatic rings. The normalized spacial score (nSPS) is 14.9. The van der Waals surface area contributed by atoms with E-state index >= 15 is 0 Å². The van der Waals surface area contributed by atoms with E-state index in [0.29, 0.717) is 11.5 Å². The maximum atomic E-state index is 12.1. The van der Waals surface area contributed by atoms with Gasteiger partial charge in [-0.2, -0.15) is 0 Å². The number of carbonyl (C=O) groups is 2. The summed E-state index contributed by atoms with van der Waals surface area (Å²) in [4.78, 5) is 25.7. The molecular weight excluding hydrogens is 322 g/mol. The van der Waals surface area contributed by atoms with Crippen molar-refractivity contribution in [1.82, 2.24) is 4.90 Å². The number of hydrogen-bond acceptors (Lipinski definition) is 5. The fourth-order valence-electron chi connectivity index (χ4n) is 2.71. The molecule has 0 bridgehead atoms. The molecule has 0 saturated carbocycles. The van der Waals surface area contributed by atoms with Gasteiger partial charge in [-0.25, -0.2) is 4.79 Å². The van der Waals surface area contributed by atoms with E-state index in [0.717, 1.165) is 44.3 Å². The number of nitrogens with zero attached hydrogens (tertiary/aromatic N) is 1. The van der Waals surface area contributed by atoms with Gasteiger partial charge in [0, 0.05) is 19.2 Å². The first-order valence-corrected chi connectivity index (χ1v) is 8.48. The molecule has 1 aliphatic heterocycles. The zero-order chi connectivity index (χ0) is 18.1. The van der Waals surface area contributed by atoms with Gasteiger partial charge in [0.1, 0.15) is 0 Å². The molecule has 0 aromatic heterocycles. The van der Waals surface area contributed by atoms with E-state index in [9.17, 15) is 9.59 Å². The van der Waals surface area contributed by atoms with E-state index < -0.39 is 5.97 Å². The molecule has 1 fully saturated rings. The van der Waals surface area contributed by atoms with Crippen molar-refractivity contribution >= 4 is 18.0 Å². The standard InChI is InChI=1S/C19H25NO5/c1-23-16-9-7-15(13-17(16)24-2)8-10-19(22)25-14-18(21)20-11-5-3-4-6-12-20/h7-10,13H,3-6,11-12,14H2,1-2H3. The number of esters is 1. The summed E-state index contributed by atoms with van der Waals surface area (Å²) in [5.74, 6) is 0.521. The van der Waals surface area contributed by atoms with Crippen LogP contribution < -0.4 is 9.47 Å². The van der Waals surface area contributed by atoms with Crippen LogP contribution in [0.25, 0.3) is 6.08 Å². The smallest absolute Gasteiger partial charge is 0.331 e. The zero-order valence-electron chi connectivity index (χ0n) is 14.8. The summed E-state index contributed by atoms with van der Waals surface area (Å²) >= 11 is 0. The van der Waals surface area contributed by atoms with E-state index in [2.05, 4.69) is 0 Å². The lowest BCUT2D eigenvalue weighted by molar-refractivity contribution is -0.148. The summed E-state index contributed by atoms with van der Waals surface area (Å²) in [5, 5.41) is 0. The Morgan fingerprint density at radius 3 is 2.36 bits per heavy atom. The Bertz CT molecular complexity index is 618. The second-order valence-electron chi connectivity index (χ2n) is 5.85. The van der Waals surface area contributed by atoms with E-state index in [-0.39, 0.29) is 12.5 Å². The van der Waals surface area contributed by atoms with Crippen LogP contribution in [0.2, 0.25) is 0 Å². The molecule has 6 heteroatoms. The van der Waals surface area contributed by atoms with Crippen molar-refractivity contribution in [1.29, 1.82) is 0 Å². The third kappa shape index (κ3) is 5.81. The van der Waals surface area contributed by atoms with Crippen molar-refractivity contribution in [3.8, 4) is 11.5 Å². The van der Waals surface area contributed by atoms with Crippen molar-refractivity contribution in [2.75, 3.05) is 33.9 Å². The Labute approximate surface area is 148 Å². The van der Waals surface area contributed by atoms with Gasteiger partial charge < -0.3 is 19.1 Å². The molecule has 2 rings (SSSR count). The van der Waals surface area contributed by atoms with Crippen LogP contribution in [-0.2, 0) is 14.3 Å². The second-order valence-corrected chi connectivity index (χ2v) is 5.85. The van der Waals surface area contributed by atoms with Crippen molar-refractivity contribution in [3.05, 3.63) is 29.8 Å². The number of rotatable bonds is 6. The molecule has 0 atom stereocenters. The highest BCUT2D eigenvalue weighted by Crippen LogP contribution is 2.27. The van der Waals surface area contributed by atoms with E-state index in [1.807, 2.05) is 0 Å².